The van der Waals surface area contributed by atoms with Gasteiger partial charge in [-0.2, -0.15) is 0 Å². The van der Waals surface area contributed by atoms with Crippen molar-refractivity contribution in [3.63, 3.8) is 0 Å². The van der Waals surface area contributed by atoms with E-state index in [4.69, 9.17) is 0 Å². The van der Waals surface area contributed by atoms with Crippen molar-refractivity contribution in [3.8, 4) is 0 Å². The molecule has 0 radical (unpaired) electrons. The zero-order valence-corrected chi connectivity index (χ0v) is 13.1. The second-order valence-corrected chi connectivity index (χ2v) is 6.01. The first-order valence-corrected chi connectivity index (χ1v) is 7.32. The summed E-state index contributed by atoms with van der Waals surface area (Å²) in [4.78, 5) is 4.15. The first-order chi connectivity index (χ1) is 9.49. The molecule has 0 aliphatic rings. The van der Waals surface area contributed by atoms with Gasteiger partial charge in [-0.1, -0.05) is 39.8 Å². The highest BCUT2D eigenvalue weighted by molar-refractivity contribution is 5.54. The Morgan fingerprint density at radius 3 is 2.45 bits per heavy atom. The predicted molar refractivity (Wildman–Crippen MR) is 85.2 cm³/mol. The maximum atomic E-state index is 4.15. The molecule has 3 heteroatoms. The fourth-order valence-corrected chi connectivity index (χ4v) is 2.32. The van der Waals surface area contributed by atoms with Gasteiger partial charge in [0.25, 0.3) is 0 Å². The summed E-state index contributed by atoms with van der Waals surface area (Å²) in [6.07, 6.45) is 3.74. The molecule has 108 valence electrons. The van der Waals surface area contributed by atoms with Gasteiger partial charge >= 0.3 is 0 Å². The Labute approximate surface area is 122 Å². The Balaban J connectivity index is 2.20. The summed E-state index contributed by atoms with van der Waals surface area (Å²) in [6.45, 7) is 9.77. The summed E-state index contributed by atoms with van der Waals surface area (Å²) in [7, 11) is 2.02. The number of hydrogen-bond donors (Lipinski definition) is 1. The molecule has 1 N–H and O–H groups in total. The van der Waals surface area contributed by atoms with Crippen LogP contribution in [0.2, 0.25) is 0 Å². The van der Waals surface area contributed by atoms with Crippen LogP contribution in [0.25, 0.3) is 0 Å². The first kappa shape index (κ1) is 14.6. The van der Waals surface area contributed by atoms with E-state index in [-0.39, 0.29) is 0 Å². The molecule has 0 amide bonds. The lowest BCUT2D eigenvalue weighted by Crippen LogP contribution is -2.07. The largest absolute Gasteiger partial charge is 0.379 e. The smallest absolute Gasteiger partial charge is 0.0946 e. The van der Waals surface area contributed by atoms with Gasteiger partial charge in [-0.3, -0.25) is 0 Å². The Kier molecular flexibility index (Phi) is 4.48. The minimum absolute atomic E-state index is 0.516. The molecule has 2 rings (SSSR count). The van der Waals surface area contributed by atoms with Crippen LogP contribution < -0.4 is 5.32 Å². The lowest BCUT2D eigenvalue weighted by Gasteiger charge is -2.17. The van der Waals surface area contributed by atoms with Crippen LogP contribution in [0.1, 0.15) is 56.4 Å². The minimum atomic E-state index is 0.516. The van der Waals surface area contributed by atoms with Crippen LogP contribution in [0.3, 0.4) is 0 Å². The van der Waals surface area contributed by atoms with Crippen LogP contribution in [-0.2, 0) is 13.6 Å². The monoisotopic (exact) mass is 271 g/mol. The van der Waals surface area contributed by atoms with E-state index < -0.39 is 0 Å². The molecule has 0 atom stereocenters. The third kappa shape index (κ3) is 3.21. The maximum Gasteiger partial charge on any atom is 0.0946 e. The van der Waals surface area contributed by atoms with Crippen LogP contribution in [0, 0.1) is 0 Å². The Hall–Kier alpha value is -1.77. The van der Waals surface area contributed by atoms with E-state index in [1.807, 2.05) is 24.1 Å². The van der Waals surface area contributed by atoms with Gasteiger partial charge in [-0.05, 0) is 29.0 Å². The van der Waals surface area contributed by atoms with Gasteiger partial charge in [0, 0.05) is 18.9 Å². The number of aromatic nitrogens is 2. The van der Waals surface area contributed by atoms with Gasteiger partial charge in [0.1, 0.15) is 0 Å². The van der Waals surface area contributed by atoms with Crippen LogP contribution in [0.4, 0.5) is 5.69 Å². The summed E-state index contributed by atoms with van der Waals surface area (Å²) >= 11 is 0. The van der Waals surface area contributed by atoms with Crippen molar-refractivity contribution >= 4 is 5.69 Å². The molecule has 0 saturated carbocycles. The Morgan fingerprint density at radius 2 is 1.90 bits per heavy atom. The number of nitrogens with zero attached hydrogens (tertiary/aromatic N) is 2. The molecule has 1 heterocycles. The molecule has 0 spiro atoms. The van der Waals surface area contributed by atoms with E-state index in [0.29, 0.717) is 11.8 Å². The third-order valence-corrected chi connectivity index (χ3v) is 3.74. The molecule has 3 nitrogen and oxygen atoms in total. The topological polar surface area (TPSA) is 29.9 Å². The lowest BCUT2D eigenvalue weighted by atomic mass is 9.94. The van der Waals surface area contributed by atoms with E-state index in [1.165, 1.54) is 22.5 Å². The van der Waals surface area contributed by atoms with E-state index in [2.05, 4.69) is 56.2 Å². The van der Waals surface area contributed by atoms with Crippen molar-refractivity contribution in [2.75, 3.05) is 5.32 Å². The van der Waals surface area contributed by atoms with E-state index in [1.54, 1.807) is 0 Å². The normalized spacial score (nSPS) is 11.3. The summed E-state index contributed by atoms with van der Waals surface area (Å²) in [5.74, 6) is 1.08. The van der Waals surface area contributed by atoms with E-state index in [9.17, 15) is 0 Å². The summed E-state index contributed by atoms with van der Waals surface area (Å²) in [5, 5.41) is 3.54. The van der Waals surface area contributed by atoms with E-state index >= 15 is 0 Å². The third-order valence-electron chi connectivity index (χ3n) is 3.74. The standard InChI is InChI=1S/C17H25N3/c1-12(2)14-6-7-17(16(8-14)13(3)4)19-10-15-9-18-11-20(15)5/h6-9,11-13,19H,10H2,1-5H3. The highest BCUT2D eigenvalue weighted by atomic mass is 15.0. The predicted octanol–water partition coefficient (Wildman–Crippen LogP) is 4.28. The molecule has 1 aromatic carbocycles. The summed E-state index contributed by atoms with van der Waals surface area (Å²) in [5.41, 5.74) is 5.20. The number of anilines is 1. The highest BCUT2D eigenvalue weighted by Crippen LogP contribution is 2.28. The molecule has 1 aromatic heterocycles. The van der Waals surface area contributed by atoms with Gasteiger partial charge in [-0.15, -0.1) is 0 Å². The molecular formula is C17H25N3. The van der Waals surface area contributed by atoms with Crippen molar-refractivity contribution in [2.24, 2.45) is 7.05 Å². The van der Waals surface area contributed by atoms with Crippen molar-refractivity contribution in [2.45, 2.75) is 46.1 Å². The summed E-state index contributed by atoms with van der Waals surface area (Å²) < 4.78 is 2.05. The first-order valence-electron chi connectivity index (χ1n) is 7.32. The highest BCUT2D eigenvalue weighted by Gasteiger charge is 2.10. The molecule has 20 heavy (non-hydrogen) atoms. The Bertz CT molecular complexity index is 567. The van der Waals surface area contributed by atoms with Crippen LogP contribution in [-0.4, -0.2) is 9.55 Å². The Morgan fingerprint density at radius 1 is 1.15 bits per heavy atom. The molecule has 0 fully saturated rings. The fourth-order valence-electron chi connectivity index (χ4n) is 2.32. The molecule has 0 bridgehead atoms. The molecule has 0 unspecified atom stereocenters. The number of nitrogens with one attached hydrogen (secondary N) is 1. The minimum Gasteiger partial charge on any atom is -0.379 e. The van der Waals surface area contributed by atoms with Crippen molar-refractivity contribution < 1.29 is 0 Å². The van der Waals surface area contributed by atoms with Crippen LogP contribution in [0.15, 0.2) is 30.7 Å². The molecule has 0 aliphatic heterocycles. The number of hydrogen-bond acceptors (Lipinski definition) is 2. The van der Waals surface area contributed by atoms with Gasteiger partial charge in [0.15, 0.2) is 0 Å². The van der Waals surface area contributed by atoms with Crippen molar-refractivity contribution in [3.05, 3.63) is 47.5 Å². The number of aryl methyl sites for hydroxylation is 1. The number of imidazole rings is 1. The maximum absolute atomic E-state index is 4.15. The zero-order valence-electron chi connectivity index (χ0n) is 13.1. The molecular weight excluding hydrogens is 246 g/mol. The number of rotatable bonds is 5. The fraction of sp³-hybridized carbons (Fsp3) is 0.471. The lowest BCUT2D eigenvalue weighted by molar-refractivity contribution is 0.821. The van der Waals surface area contributed by atoms with Crippen LogP contribution in [0.5, 0.6) is 0 Å². The van der Waals surface area contributed by atoms with E-state index in [0.717, 1.165) is 6.54 Å². The second-order valence-electron chi connectivity index (χ2n) is 6.01. The molecule has 0 saturated heterocycles. The average molecular weight is 271 g/mol. The second kappa shape index (κ2) is 6.12. The average Bonchev–Trinajstić information content (AvgIpc) is 2.81. The SMILES string of the molecule is CC(C)c1ccc(NCc2cncn2C)c(C(C)C)c1. The van der Waals surface area contributed by atoms with Crippen LogP contribution >= 0.6 is 0 Å². The number of benzene rings is 1. The molecule has 0 aliphatic carbocycles. The molecule has 2 aromatic rings. The summed E-state index contributed by atoms with van der Waals surface area (Å²) in [6, 6.07) is 6.77. The quantitative estimate of drug-likeness (QED) is 0.879. The van der Waals surface area contributed by atoms with Crippen molar-refractivity contribution in [1.82, 2.24) is 9.55 Å². The van der Waals surface area contributed by atoms with Crippen molar-refractivity contribution in [1.29, 1.82) is 0 Å². The van der Waals surface area contributed by atoms with Gasteiger partial charge in [0.05, 0.1) is 18.6 Å². The van der Waals surface area contributed by atoms with Gasteiger partial charge in [-0.25, -0.2) is 4.98 Å². The van der Waals surface area contributed by atoms with Gasteiger partial charge < -0.3 is 9.88 Å². The zero-order chi connectivity index (χ0) is 14.7. The van der Waals surface area contributed by atoms with Gasteiger partial charge in [0.2, 0.25) is 0 Å².